The van der Waals surface area contributed by atoms with Gasteiger partial charge in [-0.3, -0.25) is 4.90 Å². The third-order valence-electron chi connectivity index (χ3n) is 4.22. The first-order valence-corrected chi connectivity index (χ1v) is 8.04. The molecule has 1 unspecified atom stereocenters. The van der Waals surface area contributed by atoms with Crippen molar-refractivity contribution < 1.29 is 9.90 Å². The highest BCUT2D eigenvalue weighted by Crippen LogP contribution is 2.32. The van der Waals surface area contributed by atoms with E-state index in [1.54, 1.807) is 0 Å². The average molecular weight is 304 g/mol. The van der Waals surface area contributed by atoms with Crippen molar-refractivity contribution in [2.45, 2.75) is 19.5 Å². The van der Waals surface area contributed by atoms with Crippen molar-refractivity contribution in [1.29, 1.82) is 0 Å². The van der Waals surface area contributed by atoms with Gasteiger partial charge in [-0.15, -0.1) is 11.3 Å². The van der Waals surface area contributed by atoms with Gasteiger partial charge in [0.15, 0.2) is 0 Å². The molecule has 2 aromatic rings. The Labute approximate surface area is 128 Å². The minimum atomic E-state index is -0.812. The Morgan fingerprint density at radius 3 is 2.86 bits per heavy atom. The monoisotopic (exact) mass is 304 g/mol. The molecule has 21 heavy (non-hydrogen) atoms. The standard InChI is InChI=1S/C16H20N2O2S/c1-11-9-17(2)7-8-18(11)10-13-12-5-3-4-6-14(12)21-15(13)16(19)20/h3-6,11H,7-10H2,1-2H3,(H,19,20). The lowest BCUT2D eigenvalue weighted by atomic mass is 10.1. The smallest absolute Gasteiger partial charge is 0.346 e. The molecule has 1 atom stereocenters. The highest BCUT2D eigenvalue weighted by Gasteiger charge is 2.25. The van der Waals surface area contributed by atoms with Crippen LogP contribution in [0, 0.1) is 0 Å². The van der Waals surface area contributed by atoms with Gasteiger partial charge in [0.25, 0.3) is 0 Å². The van der Waals surface area contributed by atoms with Crippen molar-refractivity contribution in [3.05, 3.63) is 34.7 Å². The highest BCUT2D eigenvalue weighted by molar-refractivity contribution is 7.21. The van der Waals surface area contributed by atoms with Crippen LogP contribution >= 0.6 is 11.3 Å². The molecule has 3 rings (SSSR count). The molecule has 1 N–H and O–H groups in total. The van der Waals surface area contributed by atoms with E-state index in [2.05, 4.69) is 23.8 Å². The molecule has 1 aromatic carbocycles. The van der Waals surface area contributed by atoms with Crippen LogP contribution in [0.2, 0.25) is 0 Å². The van der Waals surface area contributed by atoms with Gasteiger partial charge >= 0.3 is 5.97 Å². The Balaban J connectivity index is 1.95. The van der Waals surface area contributed by atoms with E-state index in [0.29, 0.717) is 10.9 Å². The van der Waals surface area contributed by atoms with Crippen LogP contribution in [0.15, 0.2) is 24.3 Å². The van der Waals surface area contributed by atoms with Crippen LogP contribution in [-0.4, -0.2) is 53.6 Å². The Hall–Kier alpha value is -1.43. The molecule has 112 valence electrons. The highest BCUT2D eigenvalue weighted by atomic mass is 32.1. The maximum Gasteiger partial charge on any atom is 0.346 e. The molecule has 1 aliphatic heterocycles. The number of hydrogen-bond acceptors (Lipinski definition) is 4. The quantitative estimate of drug-likeness (QED) is 0.947. The first-order valence-electron chi connectivity index (χ1n) is 7.22. The number of nitrogens with zero attached hydrogens (tertiary/aromatic N) is 2. The molecule has 0 bridgehead atoms. The number of thiophene rings is 1. The van der Waals surface area contributed by atoms with Crippen molar-refractivity contribution in [2.75, 3.05) is 26.7 Å². The normalized spacial score (nSPS) is 21.0. The largest absolute Gasteiger partial charge is 0.477 e. The fourth-order valence-electron chi connectivity index (χ4n) is 3.04. The molecule has 5 heteroatoms. The first-order chi connectivity index (χ1) is 10.1. The molecule has 2 heterocycles. The van der Waals surface area contributed by atoms with Gasteiger partial charge < -0.3 is 10.0 Å². The third kappa shape index (κ3) is 2.81. The van der Waals surface area contributed by atoms with Crippen molar-refractivity contribution in [2.24, 2.45) is 0 Å². The second-order valence-electron chi connectivity index (χ2n) is 5.79. The van der Waals surface area contributed by atoms with Gasteiger partial charge in [-0.1, -0.05) is 18.2 Å². The summed E-state index contributed by atoms with van der Waals surface area (Å²) in [5.74, 6) is -0.812. The SMILES string of the molecule is CC1CN(C)CCN1Cc1c(C(=O)O)sc2ccccc12. The molecule has 1 fully saturated rings. The van der Waals surface area contributed by atoms with E-state index in [0.717, 1.165) is 41.8 Å². The van der Waals surface area contributed by atoms with Crippen molar-refractivity contribution in [3.8, 4) is 0 Å². The molecule has 1 aromatic heterocycles. The third-order valence-corrected chi connectivity index (χ3v) is 5.42. The zero-order chi connectivity index (χ0) is 15.0. The molecule has 0 saturated carbocycles. The van der Waals surface area contributed by atoms with Gasteiger partial charge in [-0.25, -0.2) is 4.79 Å². The minimum absolute atomic E-state index is 0.448. The van der Waals surface area contributed by atoms with Crippen LogP contribution in [0.3, 0.4) is 0 Å². The van der Waals surface area contributed by atoms with E-state index < -0.39 is 5.97 Å². The van der Waals surface area contributed by atoms with Crippen LogP contribution in [0.25, 0.3) is 10.1 Å². The van der Waals surface area contributed by atoms with Crippen molar-refractivity contribution >= 4 is 27.4 Å². The molecule has 1 aliphatic rings. The fraction of sp³-hybridized carbons (Fsp3) is 0.438. The van der Waals surface area contributed by atoms with Crippen molar-refractivity contribution in [1.82, 2.24) is 9.80 Å². The van der Waals surface area contributed by atoms with E-state index in [4.69, 9.17) is 0 Å². The molecule has 0 radical (unpaired) electrons. The number of carboxylic acids is 1. The van der Waals surface area contributed by atoms with Crippen LogP contribution in [0.5, 0.6) is 0 Å². The summed E-state index contributed by atoms with van der Waals surface area (Å²) in [6, 6.07) is 8.44. The van der Waals surface area contributed by atoms with E-state index in [1.165, 1.54) is 11.3 Å². The van der Waals surface area contributed by atoms with Crippen LogP contribution in [0.4, 0.5) is 0 Å². The number of carbonyl (C=O) groups is 1. The molecule has 1 saturated heterocycles. The zero-order valence-electron chi connectivity index (χ0n) is 12.4. The molecular formula is C16H20N2O2S. The molecule has 4 nitrogen and oxygen atoms in total. The van der Waals surface area contributed by atoms with Gasteiger partial charge in [-0.05, 0) is 31.0 Å². The summed E-state index contributed by atoms with van der Waals surface area (Å²) in [5.41, 5.74) is 0.972. The Morgan fingerprint density at radius 1 is 1.38 bits per heavy atom. The number of likely N-dealkylation sites (N-methyl/N-ethyl adjacent to an activating group) is 1. The fourth-order valence-corrected chi connectivity index (χ4v) is 4.10. The molecule has 0 spiro atoms. The summed E-state index contributed by atoms with van der Waals surface area (Å²) in [6.07, 6.45) is 0. The van der Waals surface area contributed by atoms with E-state index in [-0.39, 0.29) is 0 Å². The molecular weight excluding hydrogens is 284 g/mol. The zero-order valence-corrected chi connectivity index (χ0v) is 13.2. The van der Waals surface area contributed by atoms with Crippen LogP contribution < -0.4 is 0 Å². The summed E-state index contributed by atoms with van der Waals surface area (Å²) in [4.78, 5) is 16.8. The maximum absolute atomic E-state index is 11.6. The van der Waals surface area contributed by atoms with Gasteiger partial charge in [0.05, 0.1) is 0 Å². The average Bonchev–Trinajstić information content (AvgIpc) is 2.81. The summed E-state index contributed by atoms with van der Waals surface area (Å²) >= 11 is 1.39. The number of rotatable bonds is 3. The summed E-state index contributed by atoms with van der Waals surface area (Å²) in [6.45, 7) is 5.99. The molecule has 0 amide bonds. The Kier molecular flexibility index (Phi) is 3.97. The molecule has 0 aliphatic carbocycles. The van der Waals surface area contributed by atoms with E-state index in [1.807, 2.05) is 24.3 Å². The van der Waals surface area contributed by atoms with E-state index in [9.17, 15) is 9.90 Å². The van der Waals surface area contributed by atoms with Gasteiger partial charge in [0, 0.05) is 36.9 Å². The van der Waals surface area contributed by atoms with Gasteiger partial charge in [0.2, 0.25) is 0 Å². The predicted molar refractivity (Wildman–Crippen MR) is 86.2 cm³/mol. The Bertz CT molecular complexity index is 667. The lowest BCUT2D eigenvalue weighted by molar-refractivity contribution is 0.0694. The predicted octanol–water partition coefficient (Wildman–Crippen LogP) is 2.74. The van der Waals surface area contributed by atoms with Gasteiger partial charge in [-0.2, -0.15) is 0 Å². The van der Waals surface area contributed by atoms with Gasteiger partial charge in [0.1, 0.15) is 4.88 Å². The number of carboxylic acid groups (broad SMARTS) is 1. The van der Waals surface area contributed by atoms with E-state index >= 15 is 0 Å². The lowest BCUT2D eigenvalue weighted by Gasteiger charge is -2.38. The number of benzene rings is 1. The first kappa shape index (κ1) is 14.5. The summed E-state index contributed by atoms with van der Waals surface area (Å²) < 4.78 is 1.06. The number of fused-ring (bicyclic) bond motifs is 1. The minimum Gasteiger partial charge on any atom is -0.477 e. The van der Waals surface area contributed by atoms with Crippen LogP contribution in [0.1, 0.15) is 22.2 Å². The topological polar surface area (TPSA) is 43.8 Å². The second kappa shape index (κ2) is 5.75. The lowest BCUT2D eigenvalue weighted by Crippen LogP contribution is -2.49. The summed E-state index contributed by atoms with van der Waals surface area (Å²) in [5, 5.41) is 10.6. The number of hydrogen-bond donors (Lipinski definition) is 1. The van der Waals surface area contributed by atoms with Crippen molar-refractivity contribution in [3.63, 3.8) is 0 Å². The maximum atomic E-state index is 11.6. The summed E-state index contributed by atoms with van der Waals surface area (Å²) in [7, 11) is 2.14. The number of aromatic carboxylic acids is 1. The number of piperazine rings is 1. The Morgan fingerprint density at radius 2 is 2.14 bits per heavy atom. The van der Waals surface area contributed by atoms with Crippen LogP contribution in [-0.2, 0) is 6.54 Å². The second-order valence-corrected chi connectivity index (χ2v) is 6.84.